The molecular weight excluding hydrogens is 702 g/mol. The molecule has 0 spiro atoms. The first-order valence-corrected chi connectivity index (χ1v) is 16.4. The Kier molecular flexibility index (Phi) is 18.6. The number of primary amides is 1. The lowest BCUT2D eigenvalue weighted by molar-refractivity contribution is -0.139. The van der Waals surface area contributed by atoms with Crippen LogP contribution in [-0.4, -0.2) is 168 Å². The Morgan fingerprint density at radius 1 is 0.547 bits per heavy atom. The van der Waals surface area contributed by atoms with Crippen LogP contribution in [-0.2, 0) is 19.2 Å². The lowest BCUT2D eigenvalue weighted by Crippen LogP contribution is -2.58. The fraction of sp³-hybridized carbons (Fsp3) is 0.645. The standard InChI is InChI=1S/C31H53N11O11/c1-13-21(43)33-27(49)38(8)20(15-18(4)5)24(46)39(9)30(52)42(12)31(53)41(11)29(51)35-26(48)36(6)16-22(44)37(7)19(14-17(2)3)23(45)34-28(50)40(10)25(32)47/h17-20H,13-16H2,1-12H3,(H2,32,47)(H,33,43,49)(H,34,45,50)(H,35,48,51)/t19-,20?/m0/s1. The molecule has 0 heterocycles. The minimum atomic E-state index is -1.31. The first-order valence-electron chi connectivity index (χ1n) is 16.4. The van der Waals surface area contributed by atoms with E-state index in [2.05, 4.69) is 5.32 Å². The Labute approximate surface area is 308 Å². The van der Waals surface area contributed by atoms with Gasteiger partial charge in [0, 0.05) is 55.8 Å². The monoisotopic (exact) mass is 755 g/mol. The van der Waals surface area contributed by atoms with Gasteiger partial charge in [-0.15, -0.1) is 0 Å². The Morgan fingerprint density at radius 2 is 1.02 bits per heavy atom. The molecule has 0 radical (unpaired) electrons. The van der Waals surface area contributed by atoms with E-state index in [1.54, 1.807) is 27.7 Å². The average molecular weight is 756 g/mol. The summed E-state index contributed by atoms with van der Waals surface area (Å²) >= 11 is 0. The molecule has 1 unspecified atom stereocenters. The van der Waals surface area contributed by atoms with Crippen LogP contribution < -0.4 is 21.7 Å². The van der Waals surface area contributed by atoms with E-state index < -0.39 is 84.5 Å². The molecule has 5 N–H and O–H groups in total. The van der Waals surface area contributed by atoms with Gasteiger partial charge in [0.2, 0.25) is 11.8 Å². The maximum Gasteiger partial charge on any atom is 0.335 e. The number of nitrogens with zero attached hydrogens (tertiary/aromatic N) is 7. The van der Waals surface area contributed by atoms with Crippen molar-refractivity contribution in [3.8, 4) is 0 Å². The molecule has 0 rings (SSSR count). The first kappa shape index (κ1) is 47.2. The Morgan fingerprint density at radius 3 is 1.49 bits per heavy atom. The predicted octanol–water partition coefficient (Wildman–Crippen LogP) is 0.422. The zero-order valence-corrected chi connectivity index (χ0v) is 32.3. The van der Waals surface area contributed by atoms with Gasteiger partial charge in [0.25, 0.3) is 11.8 Å². The molecule has 18 amide bonds. The van der Waals surface area contributed by atoms with Crippen molar-refractivity contribution in [1.29, 1.82) is 0 Å². The van der Waals surface area contributed by atoms with Crippen LogP contribution in [0.4, 0.5) is 33.6 Å². The van der Waals surface area contributed by atoms with E-state index in [1.165, 1.54) is 21.0 Å². The molecule has 0 fully saturated rings. The lowest BCUT2D eigenvalue weighted by Gasteiger charge is -2.32. The molecule has 2 atom stereocenters. The van der Waals surface area contributed by atoms with Crippen LogP contribution in [0.1, 0.15) is 53.9 Å². The summed E-state index contributed by atoms with van der Waals surface area (Å²) in [5.41, 5.74) is 5.04. The van der Waals surface area contributed by atoms with Gasteiger partial charge in [-0.25, -0.2) is 48.3 Å². The summed E-state index contributed by atoms with van der Waals surface area (Å²) in [4.78, 5) is 143. The fourth-order valence-corrected chi connectivity index (χ4v) is 4.34. The van der Waals surface area contributed by atoms with Gasteiger partial charge in [0.05, 0.1) is 0 Å². The highest BCUT2D eigenvalue weighted by Gasteiger charge is 2.37. The SMILES string of the molecule is CCC(=O)NC(=O)N(C)C(CC(C)C)C(=O)N(C)C(=O)N(C)C(=O)N(C)C(=O)NC(=O)N(C)CC(=O)N(C)[C@@H](CC(C)C)C(=O)NC(=O)N(C)C(N)=O. The molecule has 298 valence electrons. The van der Waals surface area contributed by atoms with Gasteiger partial charge in [0.1, 0.15) is 18.6 Å². The van der Waals surface area contributed by atoms with Crippen molar-refractivity contribution in [2.45, 2.75) is 66.0 Å². The second-order valence-corrected chi connectivity index (χ2v) is 13.0. The summed E-state index contributed by atoms with van der Waals surface area (Å²) in [6, 6.07) is -10.5. The number of nitrogens with two attached hydrogens (primary N) is 1. The molecule has 0 aromatic rings. The number of amides is 18. The second kappa shape index (κ2) is 20.9. The molecule has 0 saturated heterocycles. The van der Waals surface area contributed by atoms with E-state index in [4.69, 9.17) is 5.73 Å². The zero-order valence-electron chi connectivity index (χ0n) is 32.3. The third-order valence-electron chi connectivity index (χ3n) is 7.77. The summed E-state index contributed by atoms with van der Waals surface area (Å²) in [5.74, 6) is -3.47. The number of hydrogen-bond acceptors (Lipinski definition) is 11. The summed E-state index contributed by atoms with van der Waals surface area (Å²) in [5, 5.41) is 6.00. The van der Waals surface area contributed by atoms with E-state index in [1.807, 2.05) is 10.6 Å². The van der Waals surface area contributed by atoms with Gasteiger partial charge >= 0.3 is 42.2 Å². The zero-order chi connectivity index (χ0) is 41.7. The number of carbonyl (C=O) groups is 11. The van der Waals surface area contributed by atoms with Crippen LogP contribution in [0.5, 0.6) is 0 Å². The predicted molar refractivity (Wildman–Crippen MR) is 187 cm³/mol. The molecule has 53 heavy (non-hydrogen) atoms. The van der Waals surface area contributed by atoms with E-state index >= 15 is 0 Å². The molecule has 0 aliphatic carbocycles. The van der Waals surface area contributed by atoms with E-state index in [-0.39, 0.29) is 31.1 Å². The summed E-state index contributed by atoms with van der Waals surface area (Å²) in [6.07, 6.45) is 0.184. The molecule has 0 aliphatic rings. The lowest BCUT2D eigenvalue weighted by atomic mass is 10.0. The number of hydrogen-bond donors (Lipinski definition) is 4. The van der Waals surface area contributed by atoms with Crippen molar-refractivity contribution >= 4 is 65.8 Å². The van der Waals surface area contributed by atoms with Gasteiger partial charge in [-0.2, -0.15) is 0 Å². The topological polar surface area (TPSA) is 273 Å². The third-order valence-corrected chi connectivity index (χ3v) is 7.77. The molecule has 0 aliphatic heterocycles. The van der Waals surface area contributed by atoms with E-state index in [0.29, 0.717) is 19.6 Å². The molecule has 0 bridgehead atoms. The number of nitrogens with one attached hydrogen (secondary N) is 3. The molecule has 22 heteroatoms. The summed E-state index contributed by atoms with van der Waals surface area (Å²) in [7, 11) is 7.66. The van der Waals surface area contributed by atoms with Crippen LogP contribution in [0.3, 0.4) is 0 Å². The highest BCUT2D eigenvalue weighted by molar-refractivity contribution is 6.08. The van der Waals surface area contributed by atoms with Crippen LogP contribution >= 0.6 is 0 Å². The number of likely N-dealkylation sites (N-methyl/N-ethyl adjacent to an activating group) is 4. The second-order valence-electron chi connectivity index (χ2n) is 13.0. The molecule has 22 nitrogen and oxygen atoms in total. The highest BCUT2D eigenvalue weighted by atomic mass is 16.2. The number of urea groups is 7. The van der Waals surface area contributed by atoms with Crippen LogP contribution in [0.25, 0.3) is 0 Å². The average Bonchev–Trinajstić information content (AvgIpc) is 3.08. The van der Waals surface area contributed by atoms with Crippen molar-refractivity contribution in [2.75, 3.05) is 55.9 Å². The van der Waals surface area contributed by atoms with Crippen molar-refractivity contribution in [2.24, 2.45) is 17.6 Å². The number of rotatable bonds is 11. The van der Waals surface area contributed by atoms with Crippen molar-refractivity contribution < 1.29 is 52.7 Å². The van der Waals surface area contributed by atoms with Crippen LogP contribution in [0.15, 0.2) is 0 Å². The first-order chi connectivity index (χ1) is 24.3. The van der Waals surface area contributed by atoms with E-state index in [0.717, 1.165) is 49.9 Å². The largest absolute Gasteiger partial charge is 0.351 e. The van der Waals surface area contributed by atoms with E-state index in [9.17, 15) is 52.7 Å². The Bertz CT molecular complexity index is 1450. The maximum atomic E-state index is 13.4. The maximum absolute atomic E-state index is 13.4. The van der Waals surface area contributed by atoms with Gasteiger partial charge in [-0.05, 0) is 24.7 Å². The molecule has 0 aromatic heterocycles. The van der Waals surface area contributed by atoms with Gasteiger partial charge in [0.15, 0.2) is 0 Å². The normalized spacial score (nSPS) is 11.7. The van der Waals surface area contributed by atoms with Crippen molar-refractivity contribution in [3.63, 3.8) is 0 Å². The summed E-state index contributed by atoms with van der Waals surface area (Å²) in [6.45, 7) is 7.89. The van der Waals surface area contributed by atoms with Crippen molar-refractivity contribution in [3.05, 3.63) is 0 Å². The quantitative estimate of drug-likeness (QED) is 0.224. The minimum absolute atomic E-state index is 0.00916. The Balaban J connectivity index is 5.66. The minimum Gasteiger partial charge on any atom is -0.351 e. The molecule has 0 saturated carbocycles. The fourth-order valence-electron chi connectivity index (χ4n) is 4.34. The van der Waals surface area contributed by atoms with Gasteiger partial charge in [-0.3, -0.25) is 40.0 Å². The van der Waals surface area contributed by atoms with Crippen molar-refractivity contribution in [1.82, 2.24) is 50.2 Å². The number of imide groups is 7. The molecular formula is C31H53N11O11. The van der Waals surface area contributed by atoms with Gasteiger partial charge in [-0.1, -0.05) is 34.6 Å². The molecule has 0 aromatic carbocycles. The summed E-state index contributed by atoms with van der Waals surface area (Å²) < 4.78 is 0. The van der Waals surface area contributed by atoms with Crippen LogP contribution in [0.2, 0.25) is 0 Å². The number of carbonyl (C=O) groups excluding carboxylic acids is 11. The Hall–Kier alpha value is -5.83. The third kappa shape index (κ3) is 14.0. The highest BCUT2D eigenvalue weighted by Crippen LogP contribution is 2.15. The van der Waals surface area contributed by atoms with Crippen LogP contribution in [0, 0.1) is 11.8 Å². The van der Waals surface area contributed by atoms with Gasteiger partial charge < -0.3 is 20.4 Å². The smallest absolute Gasteiger partial charge is 0.335 e.